The van der Waals surface area contributed by atoms with Crippen LogP contribution < -0.4 is 5.73 Å². The summed E-state index contributed by atoms with van der Waals surface area (Å²) in [7, 11) is 0. The molecule has 0 heterocycles. The third-order valence-electron chi connectivity index (χ3n) is 2.52. The number of hydrogen-bond acceptors (Lipinski definition) is 1. The van der Waals surface area contributed by atoms with Crippen molar-refractivity contribution in [2.45, 2.75) is 18.9 Å². The van der Waals surface area contributed by atoms with Crippen molar-refractivity contribution in [3.63, 3.8) is 0 Å². The second-order valence-electron chi connectivity index (χ2n) is 3.66. The summed E-state index contributed by atoms with van der Waals surface area (Å²) in [5.74, 6) is -1.11. The number of halogens is 3. The molecule has 0 aromatic heterocycles. The van der Waals surface area contributed by atoms with Gasteiger partial charge in [0.1, 0.15) is 16.7 Å². The average Bonchev–Trinajstić information content (AvgIpc) is 2.95. The zero-order valence-electron chi connectivity index (χ0n) is 7.43. The predicted octanol–water partition coefficient (Wildman–Crippen LogP) is 3.03. The molecule has 1 saturated carbocycles. The van der Waals surface area contributed by atoms with Crippen LogP contribution in [-0.4, -0.2) is 0 Å². The molecule has 2 N–H and O–H groups in total. The molecule has 1 aliphatic rings. The lowest BCUT2D eigenvalue weighted by Gasteiger charge is -2.11. The van der Waals surface area contributed by atoms with Gasteiger partial charge >= 0.3 is 0 Å². The highest BCUT2D eigenvalue weighted by Gasteiger charge is 2.30. The van der Waals surface area contributed by atoms with Gasteiger partial charge in [0.15, 0.2) is 0 Å². The van der Waals surface area contributed by atoms with Gasteiger partial charge in [0.25, 0.3) is 0 Å². The maximum absolute atomic E-state index is 13.1. The van der Waals surface area contributed by atoms with Crippen molar-refractivity contribution in [3.8, 4) is 0 Å². The number of hydrogen-bond donors (Lipinski definition) is 1. The van der Waals surface area contributed by atoms with E-state index in [9.17, 15) is 8.78 Å². The molecular weight excluding hydrogens is 208 g/mol. The van der Waals surface area contributed by atoms with E-state index in [2.05, 4.69) is 0 Å². The van der Waals surface area contributed by atoms with Crippen molar-refractivity contribution in [2.75, 3.05) is 0 Å². The Hall–Kier alpha value is -0.670. The summed E-state index contributed by atoms with van der Waals surface area (Å²) in [6, 6.07) is 2.17. The molecule has 0 aliphatic heterocycles. The van der Waals surface area contributed by atoms with Gasteiger partial charge < -0.3 is 5.73 Å². The van der Waals surface area contributed by atoms with Crippen molar-refractivity contribution < 1.29 is 8.78 Å². The maximum Gasteiger partial charge on any atom is 0.145 e. The molecule has 76 valence electrons. The minimum absolute atomic E-state index is 0.267. The van der Waals surface area contributed by atoms with Crippen LogP contribution in [0.1, 0.15) is 24.4 Å². The van der Waals surface area contributed by atoms with Gasteiger partial charge in [-0.05, 0) is 36.5 Å². The zero-order chi connectivity index (χ0) is 10.3. The summed E-state index contributed by atoms with van der Waals surface area (Å²) < 4.78 is 26.1. The maximum atomic E-state index is 13.1. The summed E-state index contributed by atoms with van der Waals surface area (Å²) >= 11 is 5.36. The molecule has 0 radical (unpaired) electrons. The van der Waals surface area contributed by atoms with Crippen LogP contribution in [0.4, 0.5) is 8.78 Å². The van der Waals surface area contributed by atoms with Crippen molar-refractivity contribution >= 4 is 11.6 Å². The molecule has 2 rings (SSSR count). The predicted molar refractivity (Wildman–Crippen MR) is 51.0 cm³/mol. The minimum atomic E-state index is -0.738. The summed E-state index contributed by atoms with van der Waals surface area (Å²) in [5.41, 5.74) is 6.30. The molecule has 14 heavy (non-hydrogen) atoms. The standard InChI is InChI=1S/C10H10ClF2N/c11-9-7(12)3-6(4-8(9)13)10(14)5-1-2-5/h3-5,10H,1-2,14H2/t10-/m1/s1. The fraction of sp³-hybridized carbons (Fsp3) is 0.400. The Morgan fingerprint density at radius 3 is 2.21 bits per heavy atom. The van der Waals surface area contributed by atoms with Gasteiger partial charge in [-0.2, -0.15) is 0 Å². The van der Waals surface area contributed by atoms with Crippen LogP contribution in [0.25, 0.3) is 0 Å². The number of benzene rings is 1. The average molecular weight is 218 g/mol. The van der Waals surface area contributed by atoms with E-state index in [4.69, 9.17) is 17.3 Å². The SMILES string of the molecule is N[C@@H](c1cc(F)c(Cl)c(F)c1)C1CC1. The first kappa shape index (κ1) is 9.87. The molecule has 0 unspecified atom stereocenters. The lowest BCUT2D eigenvalue weighted by Crippen LogP contribution is -2.13. The molecule has 0 bridgehead atoms. The lowest BCUT2D eigenvalue weighted by molar-refractivity contribution is 0.564. The Balaban J connectivity index is 2.34. The van der Waals surface area contributed by atoms with Gasteiger partial charge in [-0.3, -0.25) is 0 Å². The van der Waals surface area contributed by atoms with Crippen LogP contribution >= 0.6 is 11.6 Å². The Morgan fingerprint density at radius 1 is 1.29 bits per heavy atom. The second-order valence-corrected chi connectivity index (χ2v) is 4.04. The van der Waals surface area contributed by atoms with Crippen LogP contribution in [0.3, 0.4) is 0 Å². The lowest BCUT2D eigenvalue weighted by atomic mass is 10.0. The molecule has 1 aliphatic carbocycles. The Morgan fingerprint density at radius 2 is 1.79 bits per heavy atom. The molecule has 0 spiro atoms. The zero-order valence-corrected chi connectivity index (χ0v) is 8.19. The molecule has 1 aromatic rings. The highest BCUT2D eigenvalue weighted by atomic mass is 35.5. The van der Waals surface area contributed by atoms with Crippen LogP contribution in [0.5, 0.6) is 0 Å². The quantitative estimate of drug-likeness (QED) is 0.758. The molecule has 4 heteroatoms. The molecule has 1 nitrogen and oxygen atoms in total. The number of nitrogens with two attached hydrogens (primary N) is 1. The van der Waals surface area contributed by atoms with Crippen molar-refractivity contribution in [1.29, 1.82) is 0 Å². The van der Waals surface area contributed by atoms with E-state index in [1.807, 2.05) is 0 Å². The second kappa shape index (κ2) is 3.48. The van der Waals surface area contributed by atoms with Crippen LogP contribution in [0.15, 0.2) is 12.1 Å². The van der Waals surface area contributed by atoms with Crippen LogP contribution in [0.2, 0.25) is 5.02 Å². The van der Waals surface area contributed by atoms with E-state index in [0.29, 0.717) is 11.5 Å². The summed E-state index contributed by atoms with van der Waals surface area (Å²) in [6.07, 6.45) is 2.07. The molecule has 1 aromatic carbocycles. The topological polar surface area (TPSA) is 26.0 Å². The fourth-order valence-corrected chi connectivity index (χ4v) is 1.60. The van der Waals surface area contributed by atoms with E-state index >= 15 is 0 Å². The van der Waals surface area contributed by atoms with Crippen molar-refractivity contribution in [3.05, 3.63) is 34.4 Å². The fourth-order valence-electron chi connectivity index (χ4n) is 1.50. The van der Waals surface area contributed by atoms with Gasteiger partial charge in [-0.25, -0.2) is 8.78 Å². The third kappa shape index (κ3) is 1.74. The molecule has 0 saturated heterocycles. The van der Waals surface area contributed by atoms with E-state index < -0.39 is 16.7 Å². The van der Waals surface area contributed by atoms with Gasteiger partial charge in [-0.15, -0.1) is 0 Å². The van der Waals surface area contributed by atoms with E-state index in [1.165, 1.54) is 12.1 Å². The van der Waals surface area contributed by atoms with Crippen LogP contribution in [-0.2, 0) is 0 Å². The van der Waals surface area contributed by atoms with E-state index in [-0.39, 0.29) is 6.04 Å². The first-order valence-electron chi connectivity index (χ1n) is 4.49. The largest absolute Gasteiger partial charge is 0.324 e. The van der Waals surface area contributed by atoms with E-state index in [0.717, 1.165) is 12.8 Å². The monoisotopic (exact) mass is 217 g/mol. The first-order chi connectivity index (χ1) is 6.59. The Bertz CT molecular complexity index is 340. The Labute approximate surface area is 85.9 Å². The molecular formula is C10H10ClF2N. The summed E-state index contributed by atoms with van der Waals surface area (Å²) in [4.78, 5) is 0. The van der Waals surface area contributed by atoms with Gasteiger partial charge in [0.05, 0.1) is 0 Å². The molecule has 1 atom stereocenters. The van der Waals surface area contributed by atoms with Crippen LogP contribution in [0, 0.1) is 17.6 Å². The number of rotatable bonds is 2. The minimum Gasteiger partial charge on any atom is -0.324 e. The summed E-state index contributed by atoms with van der Waals surface area (Å²) in [6.45, 7) is 0. The van der Waals surface area contributed by atoms with Gasteiger partial charge in [0, 0.05) is 6.04 Å². The smallest absolute Gasteiger partial charge is 0.145 e. The highest BCUT2D eigenvalue weighted by Crippen LogP contribution is 2.40. The van der Waals surface area contributed by atoms with Crippen molar-refractivity contribution in [1.82, 2.24) is 0 Å². The van der Waals surface area contributed by atoms with Crippen molar-refractivity contribution in [2.24, 2.45) is 11.7 Å². The first-order valence-corrected chi connectivity index (χ1v) is 4.87. The van der Waals surface area contributed by atoms with Gasteiger partial charge in [-0.1, -0.05) is 11.6 Å². The molecule has 1 fully saturated rings. The van der Waals surface area contributed by atoms with Gasteiger partial charge in [0.2, 0.25) is 0 Å². The third-order valence-corrected chi connectivity index (χ3v) is 2.88. The highest BCUT2D eigenvalue weighted by molar-refractivity contribution is 6.30. The van der Waals surface area contributed by atoms with E-state index in [1.54, 1.807) is 0 Å². The summed E-state index contributed by atoms with van der Waals surface area (Å²) in [5, 5.41) is -0.461. The Kier molecular flexibility index (Phi) is 2.45. The molecule has 0 amide bonds. The normalized spacial score (nSPS) is 18.3.